The number of rotatable bonds is 9. The molecule has 0 N–H and O–H groups in total. The molecule has 0 spiro atoms. The molecular formula is C26H39FO2. The molecule has 3 rings (SSSR count). The lowest BCUT2D eigenvalue weighted by molar-refractivity contribution is -0.125. The summed E-state index contributed by atoms with van der Waals surface area (Å²) < 4.78 is 19.5. The van der Waals surface area contributed by atoms with E-state index in [4.69, 9.17) is 4.74 Å². The van der Waals surface area contributed by atoms with Gasteiger partial charge in [0.1, 0.15) is 17.3 Å². The van der Waals surface area contributed by atoms with E-state index < -0.39 is 0 Å². The SMILES string of the molecule is CCCCCC1CCC(CC[C@H]2CC[C@H](c3ccc(OC)cc3F)CC2=O)CC1. The van der Waals surface area contributed by atoms with Gasteiger partial charge in [-0.2, -0.15) is 0 Å². The summed E-state index contributed by atoms with van der Waals surface area (Å²) in [5.41, 5.74) is 0.680. The summed E-state index contributed by atoms with van der Waals surface area (Å²) >= 11 is 0. The Balaban J connectivity index is 1.40. The number of carbonyl (C=O) groups is 1. The number of unbranched alkanes of at least 4 members (excludes halogenated alkanes) is 2. The first-order valence-electron chi connectivity index (χ1n) is 12.0. The van der Waals surface area contributed by atoms with Crippen molar-refractivity contribution >= 4 is 5.78 Å². The van der Waals surface area contributed by atoms with Crippen molar-refractivity contribution in [1.82, 2.24) is 0 Å². The molecule has 2 atom stereocenters. The zero-order valence-corrected chi connectivity index (χ0v) is 18.4. The number of carbonyl (C=O) groups excluding carboxylic acids is 1. The first kappa shape index (κ1) is 22.3. The van der Waals surface area contributed by atoms with Crippen LogP contribution in [-0.2, 0) is 4.79 Å². The molecule has 162 valence electrons. The molecule has 1 aromatic carbocycles. The fraction of sp³-hybridized carbons (Fsp3) is 0.731. The van der Waals surface area contributed by atoms with E-state index in [2.05, 4.69) is 6.92 Å². The van der Waals surface area contributed by atoms with Gasteiger partial charge in [-0.1, -0.05) is 64.4 Å². The van der Waals surface area contributed by atoms with Crippen LogP contribution < -0.4 is 4.74 Å². The second-order valence-electron chi connectivity index (χ2n) is 9.49. The van der Waals surface area contributed by atoms with Crippen LogP contribution in [0.4, 0.5) is 4.39 Å². The third-order valence-electron chi connectivity index (χ3n) is 7.52. The van der Waals surface area contributed by atoms with E-state index in [1.807, 2.05) is 0 Å². The van der Waals surface area contributed by atoms with Crippen LogP contribution in [0.25, 0.3) is 0 Å². The Morgan fingerprint density at radius 3 is 2.31 bits per heavy atom. The van der Waals surface area contributed by atoms with Crippen molar-refractivity contribution in [1.29, 1.82) is 0 Å². The molecule has 0 unspecified atom stereocenters. The molecule has 2 aliphatic carbocycles. The van der Waals surface area contributed by atoms with Crippen LogP contribution >= 0.6 is 0 Å². The molecule has 2 nitrogen and oxygen atoms in total. The summed E-state index contributed by atoms with van der Waals surface area (Å²) in [6.45, 7) is 2.28. The van der Waals surface area contributed by atoms with Gasteiger partial charge in [-0.25, -0.2) is 4.39 Å². The molecule has 0 saturated heterocycles. The van der Waals surface area contributed by atoms with Gasteiger partial charge in [0.25, 0.3) is 0 Å². The van der Waals surface area contributed by atoms with E-state index >= 15 is 0 Å². The molecular weight excluding hydrogens is 363 g/mol. The topological polar surface area (TPSA) is 26.3 Å². The minimum absolute atomic E-state index is 0.0308. The van der Waals surface area contributed by atoms with E-state index in [1.54, 1.807) is 19.2 Å². The zero-order valence-electron chi connectivity index (χ0n) is 18.4. The van der Waals surface area contributed by atoms with Gasteiger partial charge in [-0.15, -0.1) is 0 Å². The lowest BCUT2D eigenvalue weighted by Gasteiger charge is -2.31. The van der Waals surface area contributed by atoms with E-state index in [1.165, 1.54) is 63.9 Å². The zero-order chi connectivity index (χ0) is 20.6. The minimum Gasteiger partial charge on any atom is -0.497 e. The molecule has 0 heterocycles. The summed E-state index contributed by atoms with van der Waals surface area (Å²) in [7, 11) is 1.54. The molecule has 0 bridgehead atoms. The van der Waals surface area contributed by atoms with Crippen molar-refractivity contribution in [2.24, 2.45) is 17.8 Å². The molecule has 29 heavy (non-hydrogen) atoms. The van der Waals surface area contributed by atoms with Gasteiger partial charge in [-0.05, 0) is 55.1 Å². The highest BCUT2D eigenvalue weighted by Gasteiger charge is 2.31. The lowest BCUT2D eigenvalue weighted by atomic mass is 9.73. The van der Waals surface area contributed by atoms with Gasteiger partial charge in [0, 0.05) is 18.4 Å². The van der Waals surface area contributed by atoms with Crippen molar-refractivity contribution in [2.75, 3.05) is 7.11 Å². The van der Waals surface area contributed by atoms with Crippen molar-refractivity contribution < 1.29 is 13.9 Å². The van der Waals surface area contributed by atoms with Crippen molar-refractivity contribution in [2.45, 2.75) is 96.3 Å². The average molecular weight is 403 g/mol. The highest BCUT2D eigenvalue weighted by atomic mass is 19.1. The standard InChI is InChI=1S/C26H39FO2/c1-3-4-5-6-19-7-9-20(10-8-19)11-12-21-13-14-22(17-26(21)28)24-16-15-23(29-2)18-25(24)27/h15-16,18-22H,3-14,17H2,1-2H3/t19?,20?,21-,22-/m0/s1. The van der Waals surface area contributed by atoms with Crippen molar-refractivity contribution in [3.63, 3.8) is 0 Å². The van der Waals surface area contributed by atoms with Crippen LogP contribution in [0.1, 0.15) is 102 Å². The molecule has 0 amide bonds. The molecule has 0 aromatic heterocycles. The van der Waals surface area contributed by atoms with Gasteiger partial charge in [0.05, 0.1) is 7.11 Å². The minimum atomic E-state index is -0.240. The van der Waals surface area contributed by atoms with Gasteiger partial charge >= 0.3 is 0 Å². The van der Waals surface area contributed by atoms with Gasteiger partial charge < -0.3 is 4.74 Å². The first-order chi connectivity index (χ1) is 14.1. The number of halogens is 1. The molecule has 2 aliphatic rings. The van der Waals surface area contributed by atoms with E-state index in [0.29, 0.717) is 23.5 Å². The highest BCUT2D eigenvalue weighted by Crippen LogP contribution is 2.40. The quantitative estimate of drug-likeness (QED) is 0.401. The number of hydrogen-bond donors (Lipinski definition) is 0. The van der Waals surface area contributed by atoms with Crippen molar-refractivity contribution in [3.05, 3.63) is 29.6 Å². The first-order valence-corrected chi connectivity index (χ1v) is 12.0. The third kappa shape index (κ3) is 6.30. The fourth-order valence-electron chi connectivity index (χ4n) is 5.54. The van der Waals surface area contributed by atoms with Gasteiger partial charge in [-0.3, -0.25) is 4.79 Å². The third-order valence-corrected chi connectivity index (χ3v) is 7.52. The van der Waals surface area contributed by atoms with E-state index in [-0.39, 0.29) is 17.7 Å². The summed E-state index contributed by atoms with van der Waals surface area (Å²) in [5.74, 6) is 2.65. The van der Waals surface area contributed by atoms with Crippen molar-refractivity contribution in [3.8, 4) is 5.75 Å². The Bertz CT molecular complexity index is 648. The van der Waals surface area contributed by atoms with Crippen LogP contribution in [0.15, 0.2) is 18.2 Å². The molecule has 1 aromatic rings. The Morgan fingerprint density at radius 2 is 1.69 bits per heavy atom. The monoisotopic (exact) mass is 402 g/mol. The van der Waals surface area contributed by atoms with E-state index in [9.17, 15) is 9.18 Å². The maximum absolute atomic E-state index is 14.4. The van der Waals surface area contributed by atoms with Crippen LogP contribution in [0.3, 0.4) is 0 Å². The van der Waals surface area contributed by atoms with Gasteiger partial charge in [0.2, 0.25) is 0 Å². The average Bonchev–Trinajstić information content (AvgIpc) is 2.74. The highest BCUT2D eigenvalue weighted by molar-refractivity contribution is 5.82. The number of hydrogen-bond acceptors (Lipinski definition) is 2. The fourth-order valence-corrected chi connectivity index (χ4v) is 5.54. The summed E-state index contributed by atoms with van der Waals surface area (Å²) in [4.78, 5) is 12.7. The van der Waals surface area contributed by atoms with Crippen LogP contribution in [-0.4, -0.2) is 12.9 Å². The largest absolute Gasteiger partial charge is 0.497 e. The second-order valence-corrected chi connectivity index (χ2v) is 9.49. The molecule has 2 fully saturated rings. The number of benzene rings is 1. The van der Waals surface area contributed by atoms with E-state index in [0.717, 1.165) is 31.1 Å². The Kier molecular flexibility index (Phi) is 8.56. The molecule has 0 radical (unpaired) electrons. The predicted octanol–water partition coefficient (Wildman–Crippen LogP) is 7.45. The summed E-state index contributed by atoms with van der Waals surface area (Å²) in [5, 5.41) is 0. The summed E-state index contributed by atoms with van der Waals surface area (Å²) in [6.07, 6.45) is 15.6. The smallest absolute Gasteiger partial charge is 0.136 e. The maximum Gasteiger partial charge on any atom is 0.136 e. The van der Waals surface area contributed by atoms with Crippen LogP contribution in [0.2, 0.25) is 0 Å². The second kappa shape index (κ2) is 11.1. The number of methoxy groups -OCH3 is 1. The number of ether oxygens (including phenoxy) is 1. The summed E-state index contributed by atoms with van der Waals surface area (Å²) in [6, 6.07) is 5.03. The molecule has 0 aliphatic heterocycles. The van der Waals surface area contributed by atoms with Crippen LogP contribution in [0, 0.1) is 23.6 Å². The number of ketones is 1. The number of Topliss-reactive ketones (excluding diaryl/α,β-unsaturated/α-hetero) is 1. The van der Waals surface area contributed by atoms with Gasteiger partial charge in [0.15, 0.2) is 0 Å². The Labute approximate surface area is 176 Å². The lowest BCUT2D eigenvalue weighted by Crippen LogP contribution is -2.25. The van der Waals surface area contributed by atoms with Crippen LogP contribution in [0.5, 0.6) is 5.75 Å². The molecule has 3 heteroatoms. The molecule has 2 saturated carbocycles. The maximum atomic E-state index is 14.4. The normalized spacial score (nSPS) is 27.8. The Morgan fingerprint density at radius 1 is 0.966 bits per heavy atom. The Hall–Kier alpha value is -1.38. The predicted molar refractivity (Wildman–Crippen MR) is 117 cm³/mol.